The predicted octanol–water partition coefficient (Wildman–Crippen LogP) is 5.82. The Morgan fingerprint density at radius 1 is 1.04 bits per heavy atom. The minimum Gasteiger partial charge on any atom is -0.443 e. The number of carbonyl (C=O) groups excluding carboxylic acids is 1. The van der Waals surface area contributed by atoms with Gasteiger partial charge < -0.3 is 24.1 Å². The van der Waals surface area contributed by atoms with Gasteiger partial charge in [0.05, 0.1) is 41.9 Å². The van der Waals surface area contributed by atoms with E-state index in [9.17, 15) is 4.79 Å². The van der Waals surface area contributed by atoms with Gasteiger partial charge in [0.25, 0.3) is 0 Å². The van der Waals surface area contributed by atoms with Crippen LogP contribution in [0.25, 0.3) is 44.3 Å². The highest BCUT2D eigenvalue weighted by Crippen LogP contribution is 2.65. The van der Waals surface area contributed by atoms with Crippen LogP contribution in [0.1, 0.15) is 56.1 Å². The number of carbonyl (C=O) groups is 1. The Kier molecular flexibility index (Phi) is 6.18. The summed E-state index contributed by atoms with van der Waals surface area (Å²) in [6.07, 6.45) is 14.2. The number of H-pyrrole nitrogens is 1. The summed E-state index contributed by atoms with van der Waals surface area (Å²) in [5, 5.41) is 11.2. The minimum absolute atomic E-state index is 0.0146. The lowest BCUT2D eigenvalue weighted by Crippen LogP contribution is -2.55. The maximum atomic E-state index is 13.1. The summed E-state index contributed by atoms with van der Waals surface area (Å²) in [5.74, 6) is 0. The molecular formula is C35H39N7O4. The van der Waals surface area contributed by atoms with Crippen LogP contribution in [0.2, 0.25) is 0 Å². The Labute approximate surface area is 266 Å². The molecule has 2 atom stereocenters. The molecule has 4 aliphatic rings. The summed E-state index contributed by atoms with van der Waals surface area (Å²) >= 11 is 0. The number of pyridine rings is 1. The van der Waals surface area contributed by atoms with Crippen molar-refractivity contribution >= 4 is 28.0 Å². The molecule has 1 amide bonds. The molecule has 1 saturated heterocycles. The lowest BCUT2D eigenvalue weighted by atomic mass is 9.53. The number of nitrogens with one attached hydrogen (secondary N) is 1. The van der Waals surface area contributed by atoms with Crippen LogP contribution in [0.15, 0.2) is 43.0 Å². The fourth-order valence-corrected chi connectivity index (χ4v) is 8.94. The molecule has 0 bridgehead atoms. The summed E-state index contributed by atoms with van der Waals surface area (Å²) in [6, 6.07) is 6.56. The van der Waals surface area contributed by atoms with Gasteiger partial charge in [-0.2, -0.15) is 10.2 Å². The molecule has 46 heavy (non-hydrogen) atoms. The van der Waals surface area contributed by atoms with Crippen molar-refractivity contribution < 1.29 is 19.0 Å². The largest absolute Gasteiger partial charge is 0.443 e. The molecule has 2 spiro atoms. The molecule has 0 unspecified atom stereocenters. The highest BCUT2D eigenvalue weighted by atomic mass is 16.6. The lowest BCUT2D eigenvalue weighted by Gasteiger charge is -2.57. The van der Waals surface area contributed by atoms with Gasteiger partial charge in [0.2, 0.25) is 0 Å². The Hall–Kier alpha value is -4.22. The van der Waals surface area contributed by atoms with Gasteiger partial charge in [-0.15, -0.1) is 0 Å². The second kappa shape index (κ2) is 10.1. The molecule has 1 N–H and O–H groups in total. The summed E-state index contributed by atoms with van der Waals surface area (Å²) in [6.45, 7) is 1.98. The minimum atomic E-state index is -0.365. The molecule has 6 heterocycles. The zero-order valence-corrected chi connectivity index (χ0v) is 26.6. The highest BCUT2D eigenvalue weighted by molar-refractivity contribution is 6.06. The number of aryl methyl sites for hydroxylation is 2. The summed E-state index contributed by atoms with van der Waals surface area (Å²) in [4.78, 5) is 23.6. The van der Waals surface area contributed by atoms with E-state index in [2.05, 4.69) is 33.4 Å². The van der Waals surface area contributed by atoms with E-state index in [1.54, 1.807) is 7.11 Å². The summed E-state index contributed by atoms with van der Waals surface area (Å²) < 4.78 is 21.9. The number of benzene rings is 1. The van der Waals surface area contributed by atoms with E-state index >= 15 is 0 Å². The SMILES string of the molecule is CO[C@@H]1CCC[C@H]1OC(=O)N1CCC2(CC1)CC1(C2)OCc2cnc3[nH]c(-c4cnn(C)c4)c(-c4ccc5c(cnn5C)c4)c3c21. The molecule has 5 aromatic rings. The van der Waals surface area contributed by atoms with Crippen LogP contribution in [0, 0.1) is 5.41 Å². The van der Waals surface area contributed by atoms with Gasteiger partial charge >= 0.3 is 6.09 Å². The van der Waals surface area contributed by atoms with Crippen molar-refractivity contribution in [3.05, 3.63) is 54.1 Å². The van der Waals surface area contributed by atoms with Gasteiger partial charge in [-0.3, -0.25) is 9.36 Å². The standard InChI is InChI=1S/C35H39N7O4/c1-40-17-23(16-37-40)31-28(21-7-8-25-22(13-21)15-38-41(25)2)29-30-24(14-36-32(29)39-31)18-45-35(30)19-34(20-35)9-11-42(12-10-34)33(43)46-27-6-4-5-26(27)44-3/h7-8,13-17,26-27H,4-6,9-12,18-20H2,1-3H3,(H,36,39)/t26-,27-/m1/s1. The van der Waals surface area contributed by atoms with Crippen LogP contribution >= 0.6 is 0 Å². The van der Waals surface area contributed by atoms with Crippen LogP contribution in [0.5, 0.6) is 0 Å². The Morgan fingerprint density at radius 2 is 1.87 bits per heavy atom. The van der Waals surface area contributed by atoms with E-state index in [4.69, 9.17) is 19.2 Å². The van der Waals surface area contributed by atoms with Crippen LogP contribution in [-0.4, -0.2) is 72.9 Å². The topological polar surface area (TPSA) is 112 Å². The van der Waals surface area contributed by atoms with Crippen molar-refractivity contribution in [2.75, 3.05) is 20.2 Å². The monoisotopic (exact) mass is 621 g/mol. The van der Waals surface area contributed by atoms with E-state index in [-0.39, 0.29) is 29.3 Å². The van der Waals surface area contributed by atoms with E-state index < -0.39 is 0 Å². The second-order valence-electron chi connectivity index (χ2n) is 14.0. The number of aromatic nitrogens is 6. The molecule has 3 fully saturated rings. The van der Waals surface area contributed by atoms with Crippen LogP contribution < -0.4 is 0 Å². The predicted molar refractivity (Wildman–Crippen MR) is 172 cm³/mol. The highest BCUT2D eigenvalue weighted by Gasteiger charge is 2.60. The van der Waals surface area contributed by atoms with Crippen molar-refractivity contribution in [3.63, 3.8) is 0 Å². The first-order valence-electron chi connectivity index (χ1n) is 16.4. The Morgan fingerprint density at radius 3 is 2.65 bits per heavy atom. The van der Waals surface area contributed by atoms with Crippen molar-refractivity contribution in [1.82, 2.24) is 34.4 Å². The number of amides is 1. The molecule has 2 saturated carbocycles. The van der Waals surface area contributed by atoms with Gasteiger partial charge in [0.15, 0.2) is 0 Å². The average Bonchev–Trinajstić information content (AvgIpc) is 3.88. The molecule has 9 rings (SSSR count). The number of methoxy groups -OCH3 is 1. The third-order valence-corrected chi connectivity index (χ3v) is 11.2. The summed E-state index contributed by atoms with van der Waals surface area (Å²) in [7, 11) is 5.62. The van der Waals surface area contributed by atoms with Gasteiger partial charge in [-0.25, -0.2) is 9.78 Å². The quantitative estimate of drug-likeness (QED) is 0.269. The molecule has 2 aliphatic carbocycles. The van der Waals surface area contributed by atoms with Gasteiger partial charge in [0.1, 0.15) is 11.8 Å². The van der Waals surface area contributed by atoms with Crippen LogP contribution in [0.3, 0.4) is 0 Å². The average molecular weight is 622 g/mol. The fourth-order valence-electron chi connectivity index (χ4n) is 8.94. The first kappa shape index (κ1) is 28.0. The lowest BCUT2D eigenvalue weighted by molar-refractivity contribution is -0.181. The molecule has 2 aliphatic heterocycles. The Balaban J connectivity index is 1.05. The van der Waals surface area contributed by atoms with Crippen LogP contribution in [0.4, 0.5) is 4.79 Å². The molecule has 11 heteroatoms. The first-order chi connectivity index (χ1) is 22.4. The van der Waals surface area contributed by atoms with E-state index in [1.807, 2.05) is 53.1 Å². The van der Waals surface area contributed by atoms with Gasteiger partial charge in [-0.1, -0.05) is 6.07 Å². The van der Waals surface area contributed by atoms with Crippen molar-refractivity contribution in [3.8, 4) is 22.4 Å². The number of hydrogen-bond donors (Lipinski definition) is 1. The number of piperidine rings is 1. The fraction of sp³-hybridized carbons (Fsp3) is 0.486. The van der Waals surface area contributed by atoms with Crippen LogP contribution in [-0.2, 0) is 40.5 Å². The number of aromatic amines is 1. The maximum absolute atomic E-state index is 13.1. The third kappa shape index (κ3) is 4.17. The summed E-state index contributed by atoms with van der Waals surface area (Å²) in [5.41, 5.74) is 8.43. The van der Waals surface area contributed by atoms with Crippen molar-refractivity contribution in [1.29, 1.82) is 0 Å². The normalized spacial score (nSPS) is 23.1. The number of nitrogens with zero attached hydrogens (tertiary/aromatic N) is 6. The molecule has 1 aromatic carbocycles. The van der Waals surface area contributed by atoms with Gasteiger partial charge in [0, 0.05) is 79.7 Å². The molecule has 238 valence electrons. The van der Waals surface area contributed by atoms with E-state index in [0.717, 1.165) is 94.8 Å². The number of ether oxygens (including phenoxy) is 3. The van der Waals surface area contributed by atoms with Crippen molar-refractivity contribution in [2.24, 2.45) is 19.5 Å². The maximum Gasteiger partial charge on any atom is 0.410 e. The van der Waals surface area contributed by atoms with E-state index in [0.29, 0.717) is 19.7 Å². The van der Waals surface area contributed by atoms with Gasteiger partial charge in [-0.05, 0) is 68.1 Å². The second-order valence-corrected chi connectivity index (χ2v) is 14.0. The van der Waals surface area contributed by atoms with Crippen molar-refractivity contribution in [2.45, 2.75) is 69.4 Å². The third-order valence-electron chi connectivity index (χ3n) is 11.2. The smallest absolute Gasteiger partial charge is 0.410 e. The Bertz CT molecular complexity index is 1990. The first-order valence-corrected chi connectivity index (χ1v) is 16.4. The number of fused-ring (bicyclic) bond motifs is 5. The zero-order chi connectivity index (χ0) is 31.2. The number of likely N-dealkylation sites (tertiary alicyclic amines) is 1. The van der Waals surface area contributed by atoms with E-state index in [1.165, 1.54) is 5.56 Å². The molecular weight excluding hydrogens is 582 g/mol. The molecule has 11 nitrogen and oxygen atoms in total. The number of rotatable bonds is 4. The number of hydrogen-bond acceptors (Lipinski definition) is 7. The molecule has 0 radical (unpaired) electrons. The molecule has 4 aromatic heterocycles. The zero-order valence-electron chi connectivity index (χ0n) is 26.6.